The van der Waals surface area contributed by atoms with Gasteiger partial charge in [0.1, 0.15) is 16.4 Å². The van der Waals surface area contributed by atoms with Crippen LogP contribution in [0.1, 0.15) is 17.3 Å². The third-order valence-electron chi connectivity index (χ3n) is 5.01. The summed E-state index contributed by atoms with van der Waals surface area (Å²) in [7, 11) is -2.64. The van der Waals surface area contributed by atoms with Gasteiger partial charge in [-0.2, -0.15) is 0 Å². The van der Waals surface area contributed by atoms with Crippen LogP contribution in [0.3, 0.4) is 0 Å². The van der Waals surface area contributed by atoms with Gasteiger partial charge in [-0.3, -0.25) is 14.5 Å². The van der Waals surface area contributed by atoms with E-state index in [2.05, 4.69) is 15.0 Å². The number of amides is 1. The molecule has 34 heavy (non-hydrogen) atoms. The maximum absolute atomic E-state index is 13.1. The zero-order valence-corrected chi connectivity index (χ0v) is 19.4. The molecule has 0 aliphatic rings. The van der Waals surface area contributed by atoms with E-state index >= 15 is 0 Å². The Morgan fingerprint density at radius 1 is 0.971 bits per heavy atom. The number of aromatic nitrogens is 1. The molecule has 174 valence electrons. The zero-order valence-electron chi connectivity index (χ0n) is 18.6. The van der Waals surface area contributed by atoms with E-state index in [4.69, 9.17) is 9.47 Å². The molecule has 2 N–H and O–H groups in total. The fraction of sp³-hybridized carbons (Fsp3) is 0.120. The molecule has 4 rings (SSSR count). The van der Waals surface area contributed by atoms with Crippen molar-refractivity contribution in [3.05, 3.63) is 84.6 Å². The van der Waals surface area contributed by atoms with Crippen LogP contribution in [0.5, 0.6) is 11.5 Å². The number of carbonyl (C=O) groups is 1. The van der Waals surface area contributed by atoms with Crippen molar-refractivity contribution in [2.24, 2.45) is 0 Å². The highest BCUT2D eigenvalue weighted by molar-refractivity contribution is 7.92. The summed E-state index contributed by atoms with van der Waals surface area (Å²) >= 11 is 0. The normalized spacial score (nSPS) is 11.1. The second-order valence-electron chi connectivity index (χ2n) is 7.26. The van der Waals surface area contributed by atoms with Crippen molar-refractivity contribution in [3.8, 4) is 11.5 Å². The monoisotopic (exact) mass is 477 g/mol. The molecule has 1 heterocycles. The lowest BCUT2D eigenvalue weighted by Crippen LogP contribution is -2.16. The van der Waals surface area contributed by atoms with Crippen LogP contribution >= 0.6 is 0 Å². The number of benzene rings is 3. The molecule has 1 amide bonds. The Kier molecular flexibility index (Phi) is 6.65. The number of rotatable bonds is 8. The van der Waals surface area contributed by atoms with Gasteiger partial charge in [0.05, 0.1) is 24.8 Å². The van der Waals surface area contributed by atoms with Crippen molar-refractivity contribution in [2.75, 3.05) is 23.8 Å². The number of hydrogen-bond acceptors (Lipinski definition) is 6. The van der Waals surface area contributed by atoms with Gasteiger partial charge in [-0.1, -0.05) is 18.2 Å². The van der Waals surface area contributed by atoms with Crippen molar-refractivity contribution in [2.45, 2.75) is 11.8 Å². The molecule has 0 radical (unpaired) electrons. The maximum Gasteiger partial charge on any atom is 0.265 e. The van der Waals surface area contributed by atoms with E-state index in [0.29, 0.717) is 34.8 Å². The number of carbonyl (C=O) groups excluding carboxylic acids is 1. The van der Waals surface area contributed by atoms with Crippen LogP contribution in [0.25, 0.3) is 10.9 Å². The van der Waals surface area contributed by atoms with Crippen LogP contribution in [0.15, 0.2) is 83.9 Å². The summed E-state index contributed by atoms with van der Waals surface area (Å²) in [6.07, 6.45) is 1.61. The Bertz CT molecular complexity index is 1430. The minimum absolute atomic E-state index is 0.113. The molecule has 0 fully saturated rings. The molecule has 0 saturated heterocycles. The van der Waals surface area contributed by atoms with Gasteiger partial charge >= 0.3 is 0 Å². The Labute approximate surface area is 197 Å². The SMILES string of the molecule is CCOc1ccc(NS(=O)(=O)c2cc(NC(=O)c3cccc4cccnc34)ccc2OC)cc1. The molecule has 0 aliphatic heterocycles. The largest absolute Gasteiger partial charge is 0.495 e. The molecule has 0 atom stereocenters. The molecule has 8 nitrogen and oxygen atoms in total. The fourth-order valence-electron chi connectivity index (χ4n) is 3.45. The van der Waals surface area contributed by atoms with Gasteiger partial charge in [0.15, 0.2) is 0 Å². The summed E-state index contributed by atoms with van der Waals surface area (Å²) in [5, 5.41) is 3.58. The first-order valence-corrected chi connectivity index (χ1v) is 12.0. The lowest BCUT2D eigenvalue weighted by atomic mass is 10.1. The fourth-order valence-corrected chi connectivity index (χ4v) is 4.70. The maximum atomic E-state index is 13.1. The topological polar surface area (TPSA) is 107 Å². The van der Waals surface area contributed by atoms with Gasteiger partial charge in [0.2, 0.25) is 0 Å². The van der Waals surface area contributed by atoms with E-state index in [0.717, 1.165) is 5.39 Å². The average molecular weight is 478 g/mol. The van der Waals surface area contributed by atoms with Crippen molar-refractivity contribution in [1.82, 2.24) is 4.98 Å². The van der Waals surface area contributed by atoms with Crippen molar-refractivity contribution >= 4 is 38.2 Å². The molecule has 1 aromatic heterocycles. The summed E-state index contributed by atoms with van der Waals surface area (Å²) < 4.78 is 39.4. The molecule has 3 aromatic carbocycles. The highest BCUT2D eigenvalue weighted by Gasteiger charge is 2.21. The van der Waals surface area contributed by atoms with Gasteiger partial charge in [-0.25, -0.2) is 8.42 Å². The van der Waals surface area contributed by atoms with E-state index < -0.39 is 15.9 Å². The Morgan fingerprint density at radius 3 is 2.44 bits per heavy atom. The van der Waals surface area contributed by atoms with Crippen LogP contribution in [0.2, 0.25) is 0 Å². The molecule has 0 unspecified atom stereocenters. The molecule has 0 saturated carbocycles. The predicted molar refractivity (Wildman–Crippen MR) is 131 cm³/mol. The van der Waals surface area contributed by atoms with Crippen molar-refractivity contribution in [3.63, 3.8) is 0 Å². The molecular weight excluding hydrogens is 454 g/mol. The summed E-state index contributed by atoms with van der Waals surface area (Å²) in [4.78, 5) is 17.1. The third kappa shape index (κ3) is 4.94. The number of sulfonamides is 1. The predicted octanol–water partition coefficient (Wildman–Crippen LogP) is 4.70. The van der Waals surface area contributed by atoms with Gasteiger partial charge in [-0.05, 0) is 61.5 Å². The highest BCUT2D eigenvalue weighted by Crippen LogP contribution is 2.30. The second-order valence-corrected chi connectivity index (χ2v) is 8.91. The lowest BCUT2D eigenvalue weighted by molar-refractivity contribution is 0.102. The van der Waals surface area contributed by atoms with Gasteiger partial charge in [0, 0.05) is 23.0 Å². The van der Waals surface area contributed by atoms with E-state index in [1.807, 2.05) is 19.1 Å². The summed E-state index contributed by atoms with van der Waals surface area (Å²) in [5.74, 6) is 0.371. The second kappa shape index (κ2) is 9.80. The number of fused-ring (bicyclic) bond motifs is 1. The summed E-state index contributed by atoms with van der Waals surface area (Å²) in [6, 6.07) is 19.9. The van der Waals surface area contributed by atoms with E-state index in [9.17, 15) is 13.2 Å². The van der Waals surface area contributed by atoms with Gasteiger partial charge in [0.25, 0.3) is 15.9 Å². The molecule has 9 heteroatoms. The molecule has 0 spiro atoms. The first-order valence-electron chi connectivity index (χ1n) is 10.5. The lowest BCUT2D eigenvalue weighted by Gasteiger charge is -2.14. The minimum atomic E-state index is -4.02. The van der Waals surface area contributed by atoms with Crippen LogP contribution in [0, 0.1) is 0 Å². The van der Waals surface area contributed by atoms with Crippen LogP contribution in [-0.2, 0) is 10.0 Å². The van der Waals surface area contributed by atoms with Crippen molar-refractivity contribution in [1.29, 1.82) is 0 Å². The van der Waals surface area contributed by atoms with Gasteiger partial charge in [-0.15, -0.1) is 0 Å². The summed E-state index contributed by atoms with van der Waals surface area (Å²) in [6.45, 7) is 2.38. The first kappa shape index (κ1) is 23.1. The summed E-state index contributed by atoms with van der Waals surface area (Å²) in [5.41, 5.74) is 1.60. The number of nitrogens with zero attached hydrogens (tertiary/aromatic N) is 1. The molecule has 0 bridgehead atoms. The quantitative estimate of drug-likeness (QED) is 0.381. The molecule has 0 aliphatic carbocycles. The average Bonchev–Trinajstić information content (AvgIpc) is 2.85. The van der Waals surface area contributed by atoms with Crippen LogP contribution in [-0.4, -0.2) is 33.0 Å². The Balaban J connectivity index is 1.61. The number of pyridine rings is 1. The Morgan fingerprint density at radius 2 is 1.71 bits per heavy atom. The number of methoxy groups -OCH3 is 1. The van der Waals surface area contributed by atoms with E-state index in [1.165, 1.54) is 19.2 Å². The molecular formula is C25H23N3O5S. The third-order valence-corrected chi connectivity index (χ3v) is 6.41. The number of para-hydroxylation sites is 1. The number of anilines is 2. The first-order chi connectivity index (χ1) is 16.4. The number of ether oxygens (including phenoxy) is 2. The number of nitrogens with one attached hydrogen (secondary N) is 2. The van der Waals surface area contributed by atoms with E-state index in [-0.39, 0.29) is 10.6 Å². The Hall–Kier alpha value is -4.11. The standard InChI is InChI=1S/C25H23N3O5S/c1-3-33-20-12-9-18(10-13-20)28-34(30,31)23-16-19(11-14-22(23)32-2)27-25(29)21-8-4-6-17-7-5-15-26-24(17)21/h4-16,28H,3H2,1-2H3,(H,27,29). The van der Waals surface area contributed by atoms with Gasteiger partial charge < -0.3 is 14.8 Å². The minimum Gasteiger partial charge on any atom is -0.495 e. The smallest absolute Gasteiger partial charge is 0.265 e. The van der Waals surface area contributed by atoms with Crippen molar-refractivity contribution < 1.29 is 22.7 Å². The van der Waals surface area contributed by atoms with Crippen LogP contribution in [0.4, 0.5) is 11.4 Å². The van der Waals surface area contributed by atoms with E-state index in [1.54, 1.807) is 54.7 Å². The highest BCUT2D eigenvalue weighted by atomic mass is 32.2. The molecule has 4 aromatic rings. The number of hydrogen-bond donors (Lipinski definition) is 2. The zero-order chi connectivity index (χ0) is 24.1. The van der Waals surface area contributed by atoms with Crippen LogP contribution < -0.4 is 19.5 Å².